The third-order valence-corrected chi connectivity index (χ3v) is 6.05. The quantitative estimate of drug-likeness (QED) is 0.387. The van der Waals surface area contributed by atoms with Gasteiger partial charge in [0.1, 0.15) is 17.1 Å². The predicted octanol–water partition coefficient (Wildman–Crippen LogP) is 6.50. The Morgan fingerprint density at radius 1 is 1.06 bits per heavy atom. The lowest BCUT2D eigenvalue weighted by atomic mass is 9.89. The monoisotopic (exact) mass is 447 g/mol. The summed E-state index contributed by atoms with van der Waals surface area (Å²) in [5, 5.41) is 0. The maximum Gasteiger partial charge on any atom is 0.310 e. The van der Waals surface area contributed by atoms with Crippen LogP contribution in [0.15, 0.2) is 59.0 Å². The fraction of sp³-hybridized carbons (Fsp3) is 0.429. The van der Waals surface area contributed by atoms with Crippen LogP contribution in [0, 0.1) is 12.8 Å². The van der Waals surface area contributed by atoms with Crippen molar-refractivity contribution in [2.24, 2.45) is 5.92 Å². The molecule has 0 bridgehead atoms. The van der Waals surface area contributed by atoms with E-state index in [0.29, 0.717) is 18.9 Å². The number of aryl methyl sites for hydroxylation is 1. The van der Waals surface area contributed by atoms with Crippen molar-refractivity contribution in [3.8, 4) is 17.2 Å². The van der Waals surface area contributed by atoms with Gasteiger partial charge in [0.25, 0.3) is 0 Å². The van der Waals surface area contributed by atoms with E-state index in [-0.39, 0.29) is 17.8 Å². The van der Waals surface area contributed by atoms with Crippen LogP contribution in [-0.4, -0.2) is 23.2 Å². The second-order valence-electron chi connectivity index (χ2n) is 9.73. The number of carbonyl (C=O) groups is 1. The summed E-state index contributed by atoms with van der Waals surface area (Å²) < 4.78 is 17.5. The minimum atomic E-state index is -0.452. The molecule has 5 nitrogen and oxygen atoms in total. The first-order chi connectivity index (χ1) is 15.8. The fourth-order valence-electron chi connectivity index (χ4n) is 4.46. The number of aromatic nitrogens is 1. The Labute approximate surface area is 196 Å². The Morgan fingerprint density at radius 3 is 2.48 bits per heavy atom. The summed E-state index contributed by atoms with van der Waals surface area (Å²) in [4.78, 5) is 17.3. The standard InChI is InChI=1S/C28H33NO4/c1-19-25(29-26(32-19)21-9-6-5-7-10-21)17-18-31-22-15-13-20(14-16-22)23-11-8-12-24(23)27(30)33-28(2,3)4/h5-7,9-10,13-16,23-24H,8,11-12,17-18H2,1-4H3/t23-,24+/m1/s1. The first kappa shape index (κ1) is 23.1. The van der Waals surface area contributed by atoms with Gasteiger partial charge in [-0.25, -0.2) is 4.98 Å². The van der Waals surface area contributed by atoms with Crippen molar-refractivity contribution in [2.75, 3.05) is 6.61 Å². The second kappa shape index (κ2) is 9.82. The molecule has 2 atom stereocenters. The largest absolute Gasteiger partial charge is 0.493 e. The Morgan fingerprint density at radius 2 is 1.79 bits per heavy atom. The number of oxazole rings is 1. The summed E-state index contributed by atoms with van der Waals surface area (Å²) in [6.45, 7) is 8.22. The maximum absolute atomic E-state index is 12.6. The predicted molar refractivity (Wildman–Crippen MR) is 128 cm³/mol. The molecule has 1 saturated carbocycles. The molecule has 5 heteroatoms. The van der Waals surface area contributed by atoms with Gasteiger partial charge < -0.3 is 13.9 Å². The van der Waals surface area contributed by atoms with Crippen molar-refractivity contribution in [1.82, 2.24) is 4.98 Å². The average Bonchev–Trinajstić information content (AvgIpc) is 3.41. The molecule has 3 aromatic rings. The van der Waals surface area contributed by atoms with E-state index >= 15 is 0 Å². The molecule has 0 saturated heterocycles. The highest BCUT2D eigenvalue weighted by Crippen LogP contribution is 2.41. The van der Waals surface area contributed by atoms with Gasteiger partial charge in [0, 0.05) is 12.0 Å². The fourth-order valence-corrected chi connectivity index (χ4v) is 4.46. The van der Waals surface area contributed by atoms with E-state index in [1.807, 2.05) is 70.2 Å². The SMILES string of the molecule is Cc1oc(-c2ccccc2)nc1CCOc1ccc([C@H]2CCC[C@@H]2C(=O)OC(C)(C)C)cc1. The van der Waals surface area contributed by atoms with Crippen LogP contribution in [-0.2, 0) is 16.0 Å². The van der Waals surface area contributed by atoms with Crippen molar-refractivity contribution in [3.63, 3.8) is 0 Å². The Hall–Kier alpha value is -3.08. The van der Waals surface area contributed by atoms with Gasteiger partial charge in [-0.1, -0.05) is 36.8 Å². The van der Waals surface area contributed by atoms with Crippen LogP contribution in [0.5, 0.6) is 5.75 Å². The lowest BCUT2D eigenvalue weighted by Crippen LogP contribution is -2.29. The Bertz CT molecular complexity index is 1060. The summed E-state index contributed by atoms with van der Waals surface area (Å²) in [5.41, 5.74) is 2.61. The third kappa shape index (κ3) is 5.84. The zero-order valence-electron chi connectivity index (χ0n) is 20.0. The summed E-state index contributed by atoms with van der Waals surface area (Å²) in [7, 11) is 0. The number of esters is 1. The van der Waals surface area contributed by atoms with E-state index in [9.17, 15) is 4.79 Å². The topological polar surface area (TPSA) is 61.6 Å². The molecule has 174 valence electrons. The van der Waals surface area contributed by atoms with Gasteiger partial charge in [0.2, 0.25) is 5.89 Å². The van der Waals surface area contributed by atoms with E-state index in [4.69, 9.17) is 13.9 Å². The molecule has 1 fully saturated rings. The highest BCUT2D eigenvalue weighted by atomic mass is 16.6. The number of carbonyl (C=O) groups excluding carboxylic acids is 1. The van der Waals surface area contributed by atoms with E-state index in [2.05, 4.69) is 17.1 Å². The first-order valence-corrected chi connectivity index (χ1v) is 11.8. The Kier molecular flexibility index (Phi) is 6.87. The van der Waals surface area contributed by atoms with Crippen LogP contribution in [0.1, 0.15) is 63.0 Å². The normalized spacial score (nSPS) is 18.3. The van der Waals surface area contributed by atoms with Crippen molar-refractivity contribution < 1.29 is 18.7 Å². The molecule has 2 aromatic carbocycles. The zero-order chi connectivity index (χ0) is 23.4. The van der Waals surface area contributed by atoms with Crippen LogP contribution in [0.2, 0.25) is 0 Å². The van der Waals surface area contributed by atoms with Crippen molar-refractivity contribution in [1.29, 1.82) is 0 Å². The number of nitrogens with zero attached hydrogens (tertiary/aromatic N) is 1. The molecular formula is C28H33NO4. The van der Waals surface area contributed by atoms with Crippen LogP contribution >= 0.6 is 0 Å². The lowest BCUT2D eigenvalue weighted by Gasteiger charge is -2.25. The third-order valence-electron chi connectivity index (χ3n) is 6.05. The highest BCUT2D eigenvalue weighted by molar-refractivity contribution is 5.74. The number of rotatable bonds is 7. The molecule has 0 unspecified atom stereocenters. The molecule has 1 aromatic heterocycles. The molecule has 0 spiro atoms. The van der Waals surface area contributed by atoms with Gasteiger partial charge in [-0.05, 0) is 76.3 Å². The van der Waals surface area contributed by atoms with E-state index in [0.717, 1.165) is 42.0 Å². The first-order valence-electron chi connectivity index (χ1n) is 11.8. The van der Waals surface area contributed by atoms with Crippen LogP contribution in [0.4, 0.5) is 0 Å². The molecule has 4 rings (SSSR count). The molecule has 0 radical (unpaired) electrons. The van der Waals surface area contributed by atoms with Crippen molar-refractivity contribution in [3.05, 3.63) is 71.6 Å². The van der Waals surface area contributed by atoms with Gasteiger partial charge in [-0.2, -0.15) is 0 Å². The summed E-state index contributed by atoms with van der Waals surface area (Å²) in [5.74, 6) is 2.34. The van der Waals surface area contributed by atoms with Gasteiger partial charge in [-0.3, -0.25) is 4.79 Å². The average molecular weight is 448 g/mol. The van der Waals surface area contributed by atoms with Crippen LogP contribution < -0.4 is 4.74 Å². The number of hydrogen-bond donors (Lipinski definition) is 0. The molecular weight excluding hydrogens is 414 g/mol. The van der Waals surface area contributed by atoms with Crippen molar-refractivity contribution >= 4 is 5.97 Å². The van der Waals surface area contributed by atoms with E-state index < -0.39 is 5.60 Å². The Balaban J connectivity index is 1.33. The van der Waals surface area contributed by atoms with Crippen LogP contribution in [0.3, 0.4) is 0 Å². The number of hydrogen-bond acceptors (Lipinski definition) is 5. The lowest BCUT2D eigenvalue weighted by molar-refractivity contribution is -0.160. The molecule has 0 aliphatic heterocycles. The minimum Gasteiger partial charge on any atom is -0.493 e. The van der Waals surface area contributed by atoms with Gasteiger partial charge in [0.05, 0.1) is 18.2 Å². The van der Waals surface area contributed by atoms with Crippen molar-refractivity contribution in [2.45, 2.75) is 64.9 Å². The summed E-state index contributed by atoms with van der Waals surface area (Å²) in [6.07, 6.45) is 3.63. The number of benzene rings is 2. The van der Waals surface area contributed by atoms with Crippen LogP contribution in [0.25, 0.3) is 11.5 Å². The minimum absolute atomic E-state index is 0.0649. The smallest absolute Gasteiger partial charge is 0.310 e. The zero-order valence-corrected chi connectivity index (χ0v) is 20.0. The maximum atomic E-state index is 12.6. The van der Waals surface area contributed by atoms with Gasteiger partial charge in [-0.15, -0.1) is 0 Å². The second-order valence-corrected chi connectivity index (χ2v) is 9.73. The van der Waals surface area contributed by atoms with Gasteiger partial charge in [0.15, 0.2) is 0 Å². The van der Waals surface area contributed by atoms with Gasteiger partial charge >= 0.3 is 5.97 Å². The molecule has 1 heterocycles. The highest BCUT2D eigenvalue weighted by Gasteiger charge is 2.36. The molecule has 1 aliphatic carbocycles. The van der Waals surface area contributed by atoms with E-state index in [1.165, 1.54) is 5.56 Å². The summed E-state index contributed by atoms with van der Waals surface area (Å²) in [6, 6.07) is 18.1. The molecule has 0 N–H and O–H groups in total. The molecule has 1 aliphatic rings. The molecule has 33 heavy (non-hydrogen) atoms. The summed E-state index contributed by atoms with van der Waals surface area (Å²) >= 11 is 0. The van der Waals surface area contributed by atoms with E-state index in [1.54, 1.807) is 0 Å². The molecule has 0 amide bonds. The number of ether oxygens (including phenoxy) is 2.